The van der Waals surface area contributed by atoms with Gasteiger partial charge in [0.2, 0.25) is 5.95 Å². The number of nitrogens with one attached hydrogen (secondary N) is 1. The van der Waals surface area contributed by atoms with E-state index in [1.165, 1.54) is 32.4 Å². The van der Waals surface area contributed by atoms with E-state index >= 15 is 0 Å². The summed E-state index contributed by atoms with van der Waals surface area (Å²) in [5, 5.41) is 3.60. The molecule has 17 heavy (non-hydrogen) atoms. The molecule has 0 radical (unpaired) electrons. The van der Waals surface area contributed by atoms with Gasteiger partial charge in [0.1, 0.15) is 0 Å². The Morgan fingerprint density at radius 3 is 2.94 bits per heavy atom. The van der Waals surface area contributed by atoms with Gasteiger partial charge in [-0.1, -0.05) is 0 Å². The maximum atomic E-state index is 4.56. The Morgan fingerprint density at radius 2 is 2.24 bits per heavy atom. The fraction of sp³-hybridized carbons (Fsp3) is 0.769. The minimum atomic E-state index is 0.586. The molecule has 1 saturated heterocycles. The summed E-state index contributed by atoms with van der Waals surface area (Å²) in [5.74, 6) is 1.05. The Balaban J connectivity index is 1.62. The number of aryl methyl sites for hydroxylation is 2. The number of aromatic nitrogens is 2. The molecule has 1 atom stereocenters. The second-order valence-electron chi connectivity index (χ2n) is 5.35. The van der Waals surface area contributed by atoms with Gasteiger partial charge in [0.15, 0.2) is 0 Å². The van der Waals surface area contributed by atoms with Crippen LogP contribution in [0.15, 0.2) is 6.20 Å². The lowest BCUT2D eigenvalue weighted by atomic mass is 10.3. The third-order valence-electron chi connectivity index (χ3n) is 3.85. The zero-order valence-corrected chi connectivity index (χ0v) is 10.8. The van der Waals surface area contributed by atoms with Crippen LogP contribution in [0.25, 0.3) is 0 Å². The number of hydrogen-bond donors (Lipinski definition) is 1. The van der Waals surface area contributed by atoms with Gasteiger partial charge in [-0.15, -0.1) is 0 Å². The number of nitrogens with zero attached hydrogens (tertiary/aromatic N) is 3. The molecule has 2 heterocycles. The van der Waals surface area contributed by atoms with E-state index in [9.17, 15) is 0 Å². The number of imidazole rings is 1. The van der Waals surface area contributed by atoms with Gasteiger partial charge in [-0.2, -0.15) is 0 Å². The highest BCUT2D eigenvalue weighted by Crippen LogP contribution is 2.30. The lowest BCUT2D eigenvalue weighted by Crippen LogP contribution is -2.28. The van der Waals surface area contributed by atoms with Crippen molar-refractivity contribution in [3.8, 4) is 0 Å². The lowest BCUT2D eigenvalue weighted by Gasteiger charge is -2.16. The van der Waals surface area contributed by atoms with Gasteiger partial charge in [-0.25, -0.2) is 4.98 Å². The van der Waals surface area contributed by atoms with Gasteiger partial charge < -0.3 is 9.88 Å². The summed E-state index contributed by atoms with van der Waals surface area (Å²) < 4.78 is 2.20. The van der Waals surface area contributed by atoms with Crippen LogP contribution in [0.1, 0.15) is 31.9 Å². The highest BCUT2D eigenvalue weighted by atomic mass is 15.3. The van der Waals surface area contributed by atoms with Crippen LogP contribution in [0.3, 0.4) is 0 Å². The standard InChI is InChI=1S/C13H22N4/c1-3-16-8-10(2)14-13(16)15-11-6-7-17(9-11)12-4-5-12/h8,11-12H,3-7,9H2,1-2H3,(H,14,15). The van der Waals surface area contributed by atoms with Crippen molar-refractivity contribution in [1.82, 2.24) is 14.5 Å². The molecule has 1 aromatic heterocycles. The first kappa shape index (κ1) is 11.1. The molecule has 2 fully saturated rings. The molecule has 1 aliphatic heterocycles. The molecule has 1 saturated carbocycles. The van der Waals surface area contributed by atoms with Crippen molar-refractivity contribution in [3.05, 3.63) is 11.9 Å². The molecular formula is C13H22N4. The fourth-order valence-electron chi connectivity index (χ4n) is 2.76. The third-order valence-corrected chi connectivity index (χ3v) is 3.85. The highest BCUT2D eigenvalue weighted by Gasteiger charge is 2.34. The average molecular weight is 234 g/mol. The van der Waals surface area contributed by atoms with Crippen molar-refractivity contribution in [2.75, 3.05) is 18.4 Å². The van der Waals surface area contributed by atoms with Crippen LogP contribution in [0, 0.1) is 6.92 Å². The molecule has 1 unspecified atom stereocenters. The van der Waals surface area contributed by atoms with E-state index in [0.717, 1.165) is 24.2 Å². The van der Waals surface area contributed by atoms with Crippen LogP contribution in [0.2, 0.25) is 0 Å². The summed E-state index contributed by atoms with van der Waals surface area (Å²) >= 11 is 0. The summed E-state index contributed by atoms with van der Waals surface area (Å²) in [4.78, 5) is 7.19. The lowest BCUT2D eigenvalue weighted by molar-refractivity contribution is 0.326. The van der Waals surface area contributed by atoms with Gasteiger partial charge in [0.25, 0.3) is 0 Å². The van der Waals surface area contributed by atoms with E-state index in [1.807, 2.05) is 0 Å². The van der Waals surface area contributed by atoms with E-state index < -0.39 is 0 Å². The molecule has 2 aliphatic rings. The van der Waals surface area contributed by atoms with Crippen LogP contribution in [-0.4, -0.2) is 39.6 Å². The van der Waals surface area contributed by atoms with Crippen molar-refractivity contribution < 1.29 is 0 Å². The van der Waals surface area contributed by atoms with E-state index in [0.29, 0.717) is 6.04 Å². The molecule has 1 aromatic rings. The van der Waals surface area contributed by atoms with E-state index in [4.69, 9.17) is 0 Å². The van der Waals surface area contributed by atoms with Gasteiger partial charge in [-0.05, 0) is 33.1 Å². The van der Waals surface area contributed by atoms with Crippen LogP contribution in [0.5, 0.6) is 0 Å². The number of hydrogen-bond acceptors (Lipinski definition) is 3. The smallest absolute Gasteiger partial charge is 0.203 e. The van der Waals surface area contributed by atoms with Crippen LogP contribution in [-0.2, 0) is 6.54 Å². The van der Waals surface area contributed by atoms with Crippen LogP contribution < -0.4 is 5.32 Å². The first-order valence-electron chi connectivity index (χ1n) is 6.80. The molecule has 1 N–H and O–H groups in total. The van der Waals surface area contributed by atoms with E-state index in [2.05, 4.69) is 39.8 Å². The van der Waals surface area contributed by atoms with Gasteiger partial charge in [0, 0.05) is 37.9 Å². The number of rotatable bonds is 4. The molecule has 0 spiro atoms. The first-order valence-corrected chi connectivity index (χ1v) is 6.80. The molecule has 0 bridgehead atoms. The Kier molecular flexibility index (Phi) is 2.82. The highest BCUT2D eigenvalue weighted by molar-refractivity contribution is 5.31. The predicted molar refractivity (Wildman–Crippen MR) is 69.3 cm³/mol. The minimum absolute atomic E-state index is 0.586. The molecule has 94 valence electrons. The summed E-state index contributed by atoms with van der Waals surface area (Å²) in [7, 11) is 0. The SMILES string of the molecule is CCn1cc(C)nc1NC1CCN(C2CC2)C1. The van der Waals surface area contributed by atoms with Crippen molar-refractivity contribution in [1.29, 1.82) is 0 Å². The minimum Gasteiger partial charge on any atom is -0.352 e. The van der Waals surface area contributed by atoms with Crippen LogP contribution >= 0.6 is 0 Å². The molecular weight excluding hydrogens is 212 g/mol. The van der Waals surface area contributed by atoms with Gasteiger partial charge in [0.05, 0.1) is 5.69 Å². The summed E-state index contributed by atoms with van der Waals surface area (Å²) in [5.41, 5.74) is 1.10. The Morgan fingerprint density at radius 1 is 1.41 bits per heavy atom. The van der Waals surface area contributed by atoms with Crippen molar-refractivity contribution in [2.24, 2.45) is 0 Å². The largest absolute Gasteiger partial charge is 0.352 e. The fourth-order valence-corrected chi connectivity index (χ4v) is 2.76. The van der Waals surface area contributed by atoms with Gasteiger partial charge >= 0.3 is 0 Å². The quantitative estimate of drug-likeness (QED) is 0.863. The molecule has 0 aromatic carbocycles. The monoisotopic (exact) mass is 234 g/mol. The number of anilines is 1. The Labute approximate surface area is 103 Å². The molecule has 0 amide bonds. The van der Waals surface area contributed by atoms with Crippen molar-refractivity contribution in [3.63, 3.8) is 0 Å². The molecule has 4 heteroatoms. The summed E-state index contributed by atoms with van der Waals surface area (Å²) in [6.45, 7) is 7.66. The van der Waals surface area contributed by atoms with Crippen molar-refractivity contribution in [2.45, 2.75) is 51.7 Å². The zero-order valence-electron chi connectivity index (χ0n) is 10.8. The number of likely N-dealkylation sites (tertiary alicyclic amines) is 1. The normalized spacial score (nSPS) is 25.4. The maximum Gasteiger partial charge on any atom is 0.203 e. The molecule has 1 aliphatic carbocycles. The topological polar surface area (TPSA) is 33.1 Å². The maximum absolute atomic E-state index is 4.56. The Hall–Kier alpha value is -1.03. The second-order valence-corrected chi connectivity index (χ2v) is 5.35. The van der Waals surface area contributed by atoms with E-state index in [-0.39, 0.29) is 0 Å². The first-order chi connectivity index (χ1) is 8.26. The summed E-state index contributed by atoms with van der Waals surface area (Å²) in [6.07, 6.45) is 6.20. The molecule has 3 rings (SSSR count). The Bertz CT molecular complexity index is 394. The van der Waals surface area contributed by atoms with Crippen LogP contribution in [0.4, 0.5) is 5.95 Å². The average Bonchev–Trinajstić information content (AvgIpc) is 2.96. The van der Waals surface area contributed by atoms with E-state index in [1.54, 1.807) is 0 Å². The van der Waals surface area contributed by atoms with Gasteiger partial charge in [-0.3, -0.25) is 4.90 Å². The second kappa shape index (κ2) is 4.33. The van der Waals surface area contributed by atoms with Crippen molar-refractivity contribution >= 4 is 5.95 Å². The third kappa shape index (κ3) is 2.32. The zero-order chi connectivity index (χ0) is 11.8. The molecule has 4 nitrogen and oxygen atoms in total. The predicted octanol–water partition coefficient (Wildman–Crippen LogP) is 1.86. The summed E-state index contributed by atoms with van der Waals surface area (Å²) in [6, 6.07) is 1.48.